The third kappa shape index (κ3) is 3.60. The summed E-state index contributed by atoms with van der Waals surface area (Å²) in [4.78, 5) is 2.58. The summed E-state index contributed by atoms with van der Waals surface area (Å²) in [5, 5.41) is 21.8. The minimum Gasteiger partial charge on any atom is -0.505 e. The van der Waals surface area contributed by atoms with Gasteiger partial charge in [0, 0.05) is 12.0 Å². The van der Waals surface area contributed by atoms with E-state index in [0.717, 1.165) is 6.07 Å². The molecule has 92 valence electrons. The van der Waals surface area contributed by atoms with Gasteiger partial charge < -0.3 is 14.9 Å². The van der Waals surface area contributed by atoms with Crippen LogP contribution in [-0.2, 0) is 11.2 Å². The first-order valence-corrected chi connectivity index (χ1v) is 4.81. The number of aromatic hydroxyl groups is 1. The molecule has 1 rings (SSSR count). The van der Waals surface area contributed by atoms with Crippen molar-refractivity contribution in [2.45, 2.75) is 18.8 Å². The van der Waals surface area contributed by atoms with Crippen molar-refractivity contribution in [3.8, 4) is 5.75 Å². The van der Waals surface area contributed by atoms with Crippen LogP contribution in [-0.4, -0.2) is 29.7 Å². The number of halogens is 1. The fourth-order valence-electron chi connectivity index (χ4n) is 1.34. The molecule has 0 aromatic heterocycles. The Morgan fingerprint density at radius 3 is 2.82 bits per heavy atom. The van der Waals surface area contributed by atoms with E-state index >= 15 is 0 Å². The molecule has 0 aliphatic heterocycles. The average molecular weight is 241 g/mol. The van der Waals surface area contributed by atoms with E-state index in [-0.39, 0.29) is 6.42 Å². The van der Waals surface area contributed by atoms with Gasteiger partial charge in [-0.05, 0) is 29.6 Å². The van der Waals surface area contributed by atoms with E-state index in [1.165, 1.54) is 19.2 Å². The van der Waals surface area contributed by atoms with Crippen LogP contribution in [0.2, 0.25) is 0 Å². The van der Waals surface area contributed by atoms with E-state index in [1.807, 2.05) is 0 Å². The van der Waals surface area contributed by atoms with Crippen molar-refractivity contribution in [3.63, 3.8) is 0 Å². The standard InChI is InChI=1S/C10H12FN3O3/c1-17-10(16)8(13-14-12)5-6-2-3-9(15)7(11)4-6/h2-4,8,10,15-16H,5H2,1H3/t8-,10?/m0/s1. The summed E-state index contributed by atoms with van der Waals surface area (Å²) >= 11 is 0. The zero-order valence-corrected chi connectivity index (χ0v) is 9.12. The number of methoxy groups -OCH3 is 1. The van der Waals surface area contributed by atoms with Gasteiger partial charge in [-0.2, -0.15) is 0 Å². The number of phenolic OH excluding ortho intramolecular Hbond substituents is 1. The van der Waals surface area contributed by atoms with Crippen LogP contribution in [0.4, 0.5) is 4.39 Å². The zero-order valence-electron chi connectivity index (χ0n) is 9.12. The highest BCUT2D eigenvalue weighted by Gasteiger charge is 2.18. The van der Waals surface area contributed by atoms with Crippen molar-refractivity contribution in [2.75, 3.05) is 7.11 Å². The van der Waals surface area contributed by atoms with Crippen LogP contribution in [0.5, 0.6) is 5.75 Å². The maximum absolute atomic E-state index is 13.1. The third-order valence-corrected chi connectivity index (χ3v) is 2.23. The highest BCUT2D eigenvalue weighted by Crippen LogP contribution is 2.18. The molecule has 0 amide bonds. The number of phenols is 1. The van der Waals surface area contributed by atoms with Gasteiger partial charge in [0.25, 0.3) is 0 Å². The summed E-state index contributed by atoms with van der Waals surface area (Å²) in [5.41, 5.74) is 8.82. The Labute approximate surface area is 96.9 Å². The topological polar surface area (TPSA) is 98.5 Å². The maximum Gasteiger partial charge on any atom is 0.165 e. The van der Waals surface area contributed by atoms with Crippen LogP contribution in [0.3, 0.4) is 0 Å². The van der Waals surface area contributed by atoms with Crippen LogP contribution in [0, 0.1) is 5.82 Å². The molecule has 7 heteroatoms. The van der Waals surface area contributed by atoms with Crippen LogP contribution >= 0.6 is 0 Å². The molecule has 2 atom stereocenters. The summed E-state index contributed by atoms with van der Waals surface area (Å²) in [5.74, 6) is -1.23. The van der Waals surface area contributed by atoms with Gasteiger partial charge in [0.05, 0.1) is 6.04 Å². The van der Waals surface area contributed by atoms with E-state index in [1.54, 1.807) is 0 Å². The van der Waals surface area contributed by atoms with Crippen LogP contribution < -0.4 is 0 Å². The van der Waals surface area contributed by atoms with Gasteiger partial charge in [-0.3, -0.25) is 0 Å². The summed E-state index contributed by atoms with van der Waals surface area (Å²) < 4.78 is 17.7. The molecule has 0 bridgehead atoms. The minimum atomic E-state index is -1.26. The molecule has 6 nitrogen and oxygen atoms in total. The zero-order chi connectivity index (χ0) is 12.8. The molecule has 1 aromatic carbocycles. The van der Waals surface area contributed by atoms with Gasteiger partial charge in [-0.15, -0.1) is 0 Å². The molecule has 17 heavy (non-hydrogen) atoms. The second-order valence-corrected chi connectivity index (χ2v) is 3.39. The predicted octanol–water partition coefficient (Wildman–Crippen LogP) is 1.72. The van der Waals surface area contributed by atoms with Gasteiger partial charge >= 0.3 is 0 Å². The van der Waals surface area contributed by atoms with Crippen LogP contribution in [0.1, 0.15) is 5.56 Å². The molecular formula is C10H12FN3O3. The molecule has 0 heterocycles. The Morgan fingerprint density at radius 1 is 1.59 bits per heavy atom. The van der Waals surface area contributed by atoms with Crippen LogP contribution in [0.25, 0.3) is 10.4 Å². The average Bonchev–Trinajstić information content (AvgIpc) is 2.32. The first kappa shape index (κ1) is 13.2. The molecular weight excluding hydrogens is 229 g/mol. The predicted molar refractivity (Wildman–Crippen MR) is 57.7 cm³/mol. The smallest absolute Gasteiger partial charge is 0.165 e. The van der Waals surface area contributed by atoms with E-state index < -0.39 is 23.9 Å². The molecule has 0 radical (unpaired) electrons. The number of hydrogen-bond donors (Lipinski definition) is 2. The molecule has 0 aliphatic rings. The Kier molecular flexibility index (Phi) is 4.71. The number of ether oxygens (including phenoxy) is 1. The Morgan fingerprint density at radius 2 is 2.29 bits per heavy atom. The second-order valence-electron chi connectivity index (χ2n) is 3.39. The van der Waals surface area contributed by atoms with Gasteiger partial charge in [0.1, 0.15) is 0 Å². The molecule has 1 aromatic rings. The van der Waals surface area contributed by atoms with Gasteiger partial charge in [-0.25, -0.2) is 4.39 Å². The Hall–Kier alpha value is -1.82. The third-order valence-electron chi connectivity index (χ3n) is 2.23. The molecule has 1 unspecified atom stereocenters. The summed E-state index contributed by atoms with van der Waals surface area (Å²) in [7, 11) is 1.27. The highest BCUT2D eigenvalue weighted by atomic mass is 19.1. The van der Waals surface area contributed by atoms with Crippen molar-refractivity contribution in [3.05, 3.63) is 40.0 Å². The van der Waals surface area contributed by atoms with Crippen molar-refractivity contribution in [2.24, 2.45) is 5.11 Å². The van der Waals surface area contributed by atoms with E-state index in [9.17, 15) is 9.50 Å². The molecule has 2 N–H and O–H groups in total. The van der Waals surface area contributed by atoms with Gasteiger partial charge in [0.2, 0.25) is 0 Å². The number of rotatable bonds is 5. The normalized spacial score (nSPS) is 13.8. The van der Waals surface area contributed by atoms with E-state index in [0.29, 0.717) is 5.56 Å². The lowest BCUT2D eigenvalue weighted by atomic mass is 10.1. The fourth-order valence-corrected chi connectivity index (χ4v) is 1.34. The Bertz CT molecular complexity index is 435. The van der Waals surface area contributed by atoms with Crippen molar-refractivity contribution in [1.29, 1.82) is 0 Å². The number of azide groups is 1. The summed E-state index contributed by atoms with van der Waals surface area (Å²) in [6.45, 7) is 0. The molecule has 0 saturated carbocycles. The lowest BCUT2D eigenvalue weighted by molar-refractivity contribution is -0.0888. The number of hydrogen-bond acceptors (Lipinski definition) is 4. The summed E-state index contributed by atoms with van der Waals surface area (Å²) in [6.07, 6.45) is -1.15. The first-order chi connectivity index (χ1) is 8.08. The molecule has 0 fully saturated rings. The maximum atomic E-state index is 13.1. The van der Waals surface area contributed by atoms with Crippen molar-refractivity contribution in [1.82, 2.24) is 0 Å². The Balaban J connectivity index is 2.85. The number of aliphatic hydroxyl groups is 1. The van der Waals surface area contributed by atoms with Crippen molar-refractivity contribution < 1.29 is 19.3 Å². The second kappa shape index (κ2) is 6.05. The number of benzene rings is 1. The lowest BCUT2D eigenvalue weighted by Crippen LogP contribution is -2.27. The lowest BCUT2D eigenvalue weighted by Gasteiger charge is -2.16. The highest BCUT2D eigenvalue weighted by molar-refractivity contribution is 5.28. The fraction of sp³-hybridized carbons (Fsp3) is 0.400. The largest absolute Gasteiger partial charge is 0.505 e. The quantitative estimate of drug-likeness (QED) is 0.355. The molecule has 0 aliphatic carbocycles. The van der Waals surface area contributed by atoms with Crippen molar-refractivity contribution >= 4 is 0 Å². The minimum absolute atomic E-state index is 0.107. The molecule has 0 spiro atoms. The van der Waals surface area contributed by atoms with Gasteiger partial charge in [-0.1, -0.05) is 11.2 Å². The summed E-state index contributed by atoms with van der Waals surface area (Å²) in [6, 6.07) is 2.92. The van der Waals surface area contributed by atoms with Crippen LogP contribution in [0.15, 0.2) is 23.3 Å². The molecule has 0 saturated heterocycles. The first-order valence-electron chi connectivity index (χ1n) is 4.81. The van der Waals surface area contributed by atoms with E-state index in [4.69, 9.17) is 10.6 Å². The SMILES string of the molecule is COC(O)[C@H](Cc1ccc(O)c(F)c1)N=[N+]=[N-]. The monoisotopic (exact) mass is 241 g/mol. The number of nitrogens with zero attached hydrogens (tertiary/aromatic N) is 3. The number of aliphatic hydroxyl groups excluding tert-OH is 1. The van der Waals surface area contributed by atoms with Gasteiger partial charge in [0.15, 0.2) is 17.9 Å². The van der Waals surface area contributed by atoms with E-state index in [2.05, 4.69) is 14.8 Å².